The van der Waals surface area contributed by atoms with E-state index in [2.05, 4.69) is 20.9 Å². The predicted octanol–water partition coefficient (Wildman–Crippen LogP) is 2.32. The molecule has 0 radical (unpaired) electrons. The molecule has 186 valence electrons. The third kappa shape index (κ3) is 7.24. The summed E-state index contributed by atoms with van der Waals surface area (Å²) in [4.78, 5) is 24.9. The first-order valence-electron chi connectivity index (χ1n) is 11.1. The van der Waals surface area contributed by atoms with Crippen LogP contribution < -0.4 is 20.1 Å². The van der Waals surface area contributed by atoms with E-state index >= 15 is 0 Å². The maximum absolute atomic E-state index is 12.6. The number of methoxy groups -OCH3 is 1. The van der Waals surface area contributed by atoms with Crippen LogP contribution in [0.15, 0.2) is 48.7 Å². The molecule has 0 fully saturated rings. The van der Waals surface area contributed by atoms with Gasteiger partial charge in [-0.3, -0.25) is 9.59 Å². The van der Waals surface area contributed by atoms with Gasteiger partial charge in [0.1, 0.15) is 30.5 Å². The first-order chi connectivity index (χ1) is 17.0. The van der Waals surface area contributed by atoms with Crippen molar-refractivity contribution in [3.8, 4) is 17.2 Å². The standard InChI is InChI=1S/C24H28FN5O5/c1-3-26-23(31)18-7-8-21(22(14-18)35-12-11-34-10-9-25)30-16-20(28-29-30)24(32)27-15-17-5-4-6-19(13-17)33-2/h4-8,13-14,16H,3,9-12,15H2,1-2H3,(H,26,31)(H,27,32). The molecule has 3 aromatic rings. The molecule has 2 aromatic carbocycles. The molecule has 2 N–H and O–H groups in total. The molecule has 2 amide bonds. The third-order valence-electron chi connectivity index (χ3n) is 4.83. The van der Waals surface area contributed by atoms with Gasteiger partial charge in [0.25, 0.3) is 11.8 Å². The molecule has 35 heavy (non-hydrogen) atoms. The summed E-state index contributed by atoms with van der Waals surface area (Å²) < 4.78 is 29.7. The number of alkyl halides is 1. The van der Waals surface area contributed by atoms with E-state index in [9.17, 15) is 14.0 Å². The molecule has 3 rings (SSSR count). The Hall–Kier alpha value is -3.99. The van der Waals surface area contributed by atoms with Crippen molar-refractivity contribution in [3.05, 3.63) is 65.5 Å². The van der Waals surface area contributed by atoms with Crippen LogP contribution in [0.5, 0.6) is 11.5 Å². The lowest BCUT2D eigenvalue weighted by Crippen LogP contribution is -2.23. The first kappa shape index (κ1) is 25.6. The highest BCUT2D eigenvalue weighted by Crippen LogP contribution is 2.24. The quantitative estimate of drug-likeness (QED) is 0.357. The molecule has 0 aliphatic rings. The summed E-state index contributed by atoms with van der Waals surface area (Å²) in [5, 5.41) is 13.5. The van der Waals surface area contributed by atoms with Crippen molar-refractivity contribution in [2.24, 2.45) is 0 Å². The molecule has 0 aliphatic heterocycles. The topological polar surface area (TPSA) is 117 Å². The van der Waals surface area contributed by atoms with Crippen LogP contribution in [0.25, 0.3) is 5.69 Å². The largest absolute Gasteiger partial charge is 0.497 e. The van der Waals surface area contributed by atoms with E-state index in [0.29, 0.717) is 29.3 Å². The van der Waals surface area contributed by atoms with Gasteiger partial charge < -0.3 is 24.8 Å². The summed E-state index contributed by atoms with van der Waals surface area (Å²) in [6.45, 7) is 2.29. The molecule has 0 saturated carbocycles. The van der Waals surface area contributed by atoms with Crippen LogP contribution >= 0.6 is 0 Å². The van der Waals surface area contributed by atoms with Crippen molar-refractivity contribution in [2.45, 2.75) is 13.5 Å². The van der Waals surface area contributed by atoms with Gasteiger partial charge in [0.05, 0.1) is 26.5 Å². The number of hydrogen-bond donors (Lipinski definition) is 2. The van der Waals surface area contributed by atoms with E-state index in [1.54, 1.807) is 25.3 Å². The number of aromatic nitrogens is 3. The molecule has 10 nitrogen and oxygen atoms in total. The molecular weight excluding hydrogens is 457 g/mol. The number of nitrogens with zero attached hydrogens (tertiary/aromatic N) is 3. The van der Waals surface area contributed by atoms with Gasteiger partial charge in [0.15, 0.2) is 5.69 Å². The first-order valence-corrected chi connectivity index (χ1v) is 11.1. The summed E-state index contributed by atoms with van der Waals surface area (Å²) in [5.41, 5.74) is 1.85. The summed E-state index contributed by atoms with van der Waals surface area (Å²) in [6.07, 6.45) is 1.47. The number of hydrogen-bond acceptors (Lipinski definition) is 7. The van der Waals surface area contributed by atoms with Gasteiger partial charge >= 0.3 is 0 Å². The van der Waals surface area contributed by atoms with Crippen LogP contribution in [0, 0.1) is 0 Å². The minimum absolute atomic E-state index is 0.0214. The zero-order valence-electron chi connectivity index (χ0n) is 19.6. The number of benzene rings is 2. The summed E-state index contributed by atoms with van der Waals surface area (Å²) >= 11 is 0. The van der Waals surface area contributed by atoms with Crippen molar-refractivity contribution < 1.29 is 28.2 Å². The Bertz CT molecular complexity index is 1140. The Balaban J connectivity index is 1.74. The van der Waals surface area contributed by atoms with Gasteiger partial charge in [-0.2, -0.15) is 0 Å². The zero-order chi connectivity index (χ0) is 25.0. The van der Waals surface area contributed by atoms with Crippen LogP contribution in [-0.4, -0.2) is 67.0 Å². The lowest BCUT2D eigenvalue weighted by molar-refractivity contribution is 0.0894. The monoisotopic (exact) mass is 485 g/mol. The third-order valence-corrected chi connectivity index (χ3v) is 4.83. The van der Waals surface area contributed by atoms with Crippen LogP contribution in [0.4, 0.5) is 4.39 Å². The lowest BCUT2D eigenvalue weighted by Gasteiger charge is -2.13. The molecule has 0 bridgehead atoms. The normalized spacial score (nSPS) is 10.6. The van der Waals surface area contributed by atoms with Crippen molar-refractivity contribution in [1.82, 2.24) is 25.6 Å². The summed E-state index contributed by atoms with van der Waals surface area (Å²) in [6, 6.07) is 12.2. The van der Waals surface area contributed by atoms with Gasteiger partial charge in [-0.1, -0.05) is 17.3 Å². The second-order valence-electron chi connectivity index (χ2n) is 7.27. The highest BCUT2D eigenvalue weighted by molar-refractivity contribution is 5.95. The Labute approximate surface area is 202 Å². The number of nitrogens with one attached hydrogen (secondary N) is 2. The molecule has 11 heteroatoms. The maximum atomic E-state index is 12.6. The Kier molecular flexibility index (Phi) is 9.55. The van der Waals surface area contributed by atoms with E-state index in [1.807, 2.05) is 31.2 Å². The number of halogens is 1. The van der Waals surface area contributed by atoms with Crippen LogP contribution in [0.2, 0.25) is 0 Å². The van der Waals surface area contributed by atoms with E-state index in [-0.39, 0.29) is 38.0 Å². The van der Waals surface area contributed by atoms with E-state index in [0.717, 1.165) is 5.56 Å². The highest BCUT2D eigenvalue weighted by Gasteiger charge is 2.16. The molecular formula is C24H28FN5O5. The Morgan fingerprint density at radius 2 is 1.91 bits per heavy atom. The van der Waals surface area contributed by atoms with Gasteiger partial charge in [-0.25, -0.2) is 9.07 Å². The molecule has 0 aliphatic carbocycles. The van der Waals surface area contributed by atoms with E-state index in [1.165, 1.54) is 10.9 Å². The smallest absolute Gasteiger partial charge is 0.273 e. The molecule has 0 atom stereocenters. The predicted molar refractivity (Wildman–Crippen MR) is 126 cm³/mol. The zero-order valence-corrected chi connectivity index (χ0v) is 19.6. The fourth-order valence-electron chi connectivity index (χ4n) is 3.13. The number of rotatable bonds is 13. The fraction of sp³-hybridized carbons (Fsp3) is 0.333. The van der Waals surface area contributed by atoms with Crippen molar-refractivity contribution in [2.75, 3.05) is 40.1 Å². The number of carbonyl (C=O) groups is 2. The van der Waals surface area contributed by atoms with E-state index < -0.39 is 12.6 Å². The van der Waals surface area contributed by atoms with Gasteiger partial charge in [-0.05, 0) is 42.8 Å². The van der Waals surface area contributed by atoms with Crippen LogP contribution in [-0.2, 0) is 11.3 Å². The average molecular weight is 486 g/mol. The van der Waals surface area contributed by atoms with Crippen molar-refractivity contribution >= 4 is 11.8 Å². The van der Waals surface area contributed by atoms with E-state index in [4.69, 9.17) is 14.2 Å². The van der Waals surface area contributed by atoms with Gasteiger partial charge in [0.2, 0.25) is 0 Å². The summed E-state index contributed by atoms with van der Waals surface area (Å²) in [5.74, 6) is 0.376. The summed E-state index contributed by atoms with van der Waals surface area (Å²) in [7, 11) is 1.58. The molecule has 0 spiro atoms. The SMILES string of the molecule is CCNC(=O)c1ccc(-n2cc(C(=O)NCc3cccc(OC)c3)nn2)c(OCCOCCF)c1. The fourth-order valence-corrected chi connectivity index (χ4v) is 3.13. The van der Waals surface area contributed by atoms with Crippen molar-refractivity contribution in [1.29, 1.82) is 0 Å². The Morgan fingerprint density at radius 3 is 2.69 bits per heavy atom. The number of ether oxygens (including phenoxy) is 3. The molecule has 1 heterocycles. The molecule has 1 aromatic heterocycles. The minimum Gasteiger partial charge on any atom is -0.497 e. The van der Waals surface area contributed by atoms with Crippen molar-refractivity contribution in [3.63, 3.8) is 0 Å². The van der Waals surface area contributed by atoms with Crippen LogP contribution in [0.3, 0.4) is 0 Å². The maximum Gasteiger partial charge on any atom is 0.273 e. The lowest BCUT2D eigenvalue weighted by atomic mass is 10.1. The van der Waals surface area contributed by atoms with Gasteiger partial charge in [0, 0.05) is 18.7 Å². The molecule has 0 unspecified atom stereocenters. The second-order valence-corrected chi connectivity index (χ2v) is 7.27. The minimum atomic E-state index is -0.584. The highest BCUT2D eigenvalue weighted by atomic mass is 19.1. The molecule has 0 saturated heterocycles. The van der Waals surface area contributed by atoms with Crippen LogP contribution in [0.1, 0.15) is 33.3 Å². The average Bonchev–Trinajstić information content (AvgIpc) is 3.37. The number of carbonyl (C=O) groups excluding carboxylic acids is 2. The van der Waals surface area contributed by atoms with Gasteiger partial charge in [-0.15, -0.1) is 5.10 Å². The Morgan fingerprint density at radius 1 is 1.06 bits per heavy atom. The number of amides is 2. The second kappa shape index (κ2) is 13.0.